The maximum absolute atomic E-state index is 8.67. The second-order valence-corrected chi connectivity index (χ2v) is 3.21. The van der Waals surface area contributed by atoms with E-state index in [2.05, 4.69) is 19.6 Å². The van der Waals surface area contributed by atoms with Crippen molar-refractivity contribution >= 4 is 0 Å². The van der Waals surface area contributed by atoms with Gasteiger partial charge >= 0.3 is 0 Å². The third-order valence-corrected chi connectivity index (χ3v) is 2.27. The minimum atomic E-state index is 0.283. The molecule has 10 heavy (non-hydrogen) atoms. The first-order chi connectivity index (χ1) is 4.74. The number of hydrogen-bond acceptors (Lipinski definition) is 1. The molecule has 2 atom stereocenters. The number of allylic oxidation sites excluding steroid dienone is 1. The molecule has 54 valence electrons. The highest BCUT2D eigenvalue weighted by molar-refractivity contribution is 5.04. The summed E-state index contributed by atoms with van der Waals surface area (Å²) in [6, 6.07) is 2.33. The maximum atomic E-state index is 8.67. The summed E-state index contributed by atoms with van der Waals surface area (Å²) < 4.78 is 0. The van der Waals surface area contributed by atoms with Crippen LogP contribution in [0, 0.1) is 23.2 Å². The van der Waals surface area contributed by atoms with E-state index in [0.29, 0.717) is 5.92 Å². The number of nitriles is 1. The third kappa shape index (κ3) is 1.39. The predicted octanol–water partition coefficient (Wildman–Crippen LogP) is 2.50. The van der Waals surface area contributed by atoms with E-state index in [-0.39, 0.29) is 5.92 Å². The van der Waals surface area contributed by atoms with Crippen LogP contribution in [0.5, 0.6) is 0 Å². The van der Waals surface area contributed by atoms with E-state index in [1.165, 1.54) is 5.57 Å². The fourth-order valence-corrected chi connectivity index (χ4v) is 1.54. The summed E-state index contributed by atoms with van der Waals surface area (Å²) in [5, 5.41) is 8.67. The average molecular weight is 135 g/mol. The third-order valence-electron chi connectivity index (χ3n) is 2.27. The van der Waals surface area contributed by atoms with Crippen molar-refractivity contribution in [3.8, 4) is 6.07 Å². The van der Waals surface area contributed by atoms with Crippen LogP contribution in [-0.2, 0) is 0 Å². The Balaban J connectivity index is 2.53. The summed E-state index contributed by atoms with van der Waals surface area (Å²) in [5.41, 5.74) is 1.32. The van der Waals surface area contributed by atoms with Crippen LogP contribution in [0.25, 0.3) is 0 Å². The molecule has 0 aromatic heterocycles. The van der Waals surface area contributed by atoms with Crippen LogP contribution in [-0.4, -0.2) is 0 Å². The fourth-order valence-electron chi connectivity index (χ4n) is 1.54. The molecule has 0 spiro atoms. The zero-order valence-electron chi connectivity index (χ0n) is 6.43. The highest BCUT2D eigenvalue weighted by Gasteiger charge is 2.22. The van der Waals surface area contributed by atoms with Gasteiger partial charge in [-0.3, -0.25) is 0 Å². The van der Waals surface area contributed by atoms with Crippen molar-refractivity contribution in [2.24, 2.45) is 11.8 Å². The Morgan fingerprint density at radius 2 is 2.40 bits per heavy atom. The lowest BCUT2D eigenvalue weighted by atomic mass is 9.79. The van der Waals surface area contributed by atoms with E-state index in [4.69, 9.17) is 5.26 Å². The van der Waals surface area contributed by atoms with Crippen molar-refractivity contribution in [1.29, 1.82) is 5.26 Å². The minimum Gasteiger partial charge on any atom is -0.198 e. The van der Waals surface area contributed by atoms with Crippen LogP contribution in [0.3, 0.4) is 0 Å². The molecule has 1 heteroatoms. The summed E-state index contributed by atoms with van der Waals surface area (Å²) in [6.45, 7) is 6.06. The average Bonchev–Trinajstić information content (AvgIpc) is 1.88. The minimum absolute atomic E-state index is 0.283. The molecule has 1 aliphatic rings. The summed E-state index contributed by atoms with van der Waals surface area (Å²) in [5.74, 6) is 0.816. The molecule has 2 unspecified atom stereocenters. The highest BCUT2D eigenvalue weighted by atomic mass is 14.3. The molecular weight excluding hydrogens is 122 g/mol. The maximum Gasteiger partial charge on any atom is 0.0658 e. The van der Waals surface area contributed by atoms with Crippen LogP contribution >= 0.6 is 0 Å². The van der Waals surface area contributed by atoms with Crippen LogP contribution in [0.1, 0.15) is 26.2 Å². The highest BCUT2D eigenvalue weighted by Crippen LogP contribution is 2.31. The van der Waals surface area contributed by atoms with Gasteiger partial charge in [-0.25, -0.2) is 0 Å². The van der Waals surface area contributed by atoms with Gasteiger partial charge in [0.15, 0.2) is 0 Å². The van der Waals surface area contributed by atoms with Crippen LogP contribution in [0.15, 0.2) is 12.2 Å². The summed E-state index contributed by atoms with van der Waals surface area (Å²) in [4.78, 5) is 0. The van der Waals surface area contributed by atoms with Gasteiger partial charge in [-0.05, 0) is 25.2 Å². The van der Waals surface area contributed by atoms with Gasteiger partial charge in [0, 0.05) is 5.92 Å². The standard InChI is InChI=1S/C9H13N/c1-7-3-4-9(6-10)8(2)5-7/h8-9H,1,3-5H2,2H3. The molecule has 0 radical (unpaired) electrons. The largest absolute Gasteiger partial charge is 0.198 e. The van der Waals surface area contributed by atoms with Gasteiger partial charge in [-0.15, -0.1) is 0 Å². The van der Waals surface area contributed by atoms with Crippen LogP contribution < -0.4 is 0 Å². The Kier molecular flexibility index (Phi) is 2.11. The number of hydrogen-bond donors (Lipinski definition) is 0. The Hall–Kier alpha value is -0.770. The SMILES string of the molecule is C=C1CCC(C#N)C(C)C1. The normalized spacial score (nSPS) is 33.4. The van der Waals surface area contributed by atoms with Gasteiger partial charge in [0.05, 0.1) is 6.07 Å². The first-order valence-electron chi connectivity index (χ1n) is 3.80. The van der Waals surface area contributed by atoms with E-state index in [1.54, 1.807) is 0 Å². The molecule has 0 aromatic carbocycles. The zero-order valence-corrected chi connectivity index (χ0v) is 6.43. The first kappa shape index (κ1) is 7.34. The summed E-state index contributed by atoms with van der Waals surface area (Å²) in [7, 11) is 0. The topological polar surface area (TPSA) is 23.8 Å². The fraction of sp³-hybridized carbons (Fsp3) is 0.667. The predicted molar refractivity (Wildman–Crippen MR) is 41.3 cm³/mol. The van der Waals surface area contributed by atoms with E-state index >= 15 is 0 Å². The lowest BCUT2D eigenvalue weighted by molar-refractivity contribution is 0.367. The Labute approximate surface area is 62.4 Å². The molecule has 1 fully saturated rings. The molecule has 1 nitrogen and oxygen atoms in total. The number of nitrogens with zero attached hydrogens (tertiary/aromatic N) is 1. The Morgan fingerprint density at radius 1 is 1.70 bits per heavy atom. The van der Waals surface area contributed by atoms with Crippen molar-refractivity contribution in [2.75, 3.05) is 0 Å². The van der Waals surface area contributed by atoms with Crippen LogP contribution in [0.4, 0.5) is 0 Å². The van der Waals surface area contributed by atoms with Crippen LogP contribution in [0.2, 0.25) is 0 Å². The molecule has 0 aromatic rings. The Bertz CT molecular complexity index is 176. The van der Waals surface area contributed by atoms with Gasteiger partial charge in [0.1, 0.15) is 0 Å². The molecule has 0 bridgehead atoms. The van der Waals surface area contributed by atoms with Crippen molar-refractivity contribution in [3.05, 3.63) is 12.2 Å². The molecular formula is C9H13N. The van der Waals surface area contributed by atoms with Crippen molar-refractivity contribution in [3.63, 3.8) is 0 Å². The van der Waals surface area contributed by atoms with Crippen molar-refractivity contribution in [2.45, 2.75) is 26.2 Å². The van der Waals surface area contributed by atoms with Gasteiger partial charge in [-0.1, -0.05) is 19.1 Å². The van der Waals surface area contributed by atoms with E-state index < -0.39 is 0 Å². The molecule has 1 aliphatic carbocycles. The molecule has 0 saturated heterocycles. The van der Waals surface area contributed by atoms with Gasteiger partial charge < -0.3 is 0 Å². The molecule has 0 N–H and O–H groups in total. The molecule has 1 rings (SSSR count). The quantitative estimate of drug-likeness (QED) is 0.468. The monoisotopic (exact) mass is 135 g/mol. The molecule has 0 amide bonds. The number of rotatable bonds is 0. The second-order valence-electron chi connectivity index (χ2n) is 3.21. The lowest BCUT2D eigenvalue weighted by Gasteiger charge is -2.24. The lowest BCUT2D eigenvalue weighted by Crippen LogP contribution is -2.15. The van der Waals surface area contributed by atoms with Gasteiger partial charge in [0.25, 0.3) is 0 Å². The van der Waals surface area contributed by atoms with E-state index in [1.807, 2.05) is 0 Å². The van der Waals surface area contributed by atoms with Gasteiger partial charge in [0.2, 0.25) is 0 Å². The molecule has 1 saturated carbocycles. The molecule has 0 heterocycles. The zero-order chi connectivity index (χ0) is 7.56. The summed E-state index contributed by atoms with van der Waals surface area (Å²) in [6.07, 6.45) is 3.14. The molecule has 0 aliphatic heterocycles. The first-order valence-corrected chi connectivity index (χ1v) is 3.80. The van der Waals surface area contributed by atoms with E-state index in [0.717, 1.165) is 19.3 Å². The smallest absolute Gasteiger partial charge is 0.0658 e. The van der Waals surface area contributed by atoms with Gasteiger partial charge in [-0.2, -0.15) is 5.26 Å². The second kappa shape index (κ2) is 2.88. The summed E-state index contributed by atoms with van der Waals surface area (Å²) >= 11 is 0. The van der Waals surface area contributed by atoms with Crippen molar-refractivity contribution < 1.29 is 0 Å². The van der Waals surface area contributed by atoms with Crippen molar-refractivity contribution in [1.82, 2.24) is 0 Å². The Morgan fingerprint density at radius 3 is 2.90 bits per heavy atom. The van der Waals surface area contributed by atoms with E-state index in [9.17, 15) is 0 Å².